The van der Waals surface area contributed by atoms with Crippen LogP contribution in [-0.2, 0) is 4.79 Å². The second-order valence-electron chi connectivity index (χ2n) is 5.41. The molecule has 15 heavy (non-hydrogen) atoms. The van der Waals surface area contributed by atoms with Crippen LogP contribution in [0, 0.1) is 17.3 Å². The predicted octanol–water partition coefficient (Wildman–Crippen LogP) is 3.76. The fourth-order valence-electron chi connectivity index (χ4n) is 2.32. The summed E-state index contributed by atoms with van der Waals surface area (Å²) in [5, 5.41) is 0. The average molecular weight is 206 g/mol. The molecule has 0 spiro atoms. The Morgan fingerprint density at radius 3 is 2.47 bits per heavy atom. The van der Waals surface area contributed by atoms with Crippen molar-refractivity contribution >= 4 is 5.78 Å². The monoisotopic (exact) mass is 206 g/mol. The van der Waals surface area contributed by atoms with Gasteiger partial charge < -0.3 is 0 Å². The molecule has 1 aliphatic rings. The fourth-order valence-corrected chi connectivity index (χ4v) is 2.32. The van der Waals surface area contributed by atoms with Crippen LogP contribution in [0.1, 0.15) is 41.0 Å². The Hall–Kier alpha value is -0.850. The van der Waals surface area contributed by atoms with Gasteiger partial charge in [-0.15, -0.1) is 0 Å². The predicted molar refractivity (Wildman–Crippen MR) is 64.6 cm³/mol. The number of Topliss-reactive ketones (excluding diaryl/α,β-unsaturated/α-hetero) is 1. The van der Waals surface area contributed by atoms with Crippen LogP contribution in [0.4, 0.5) is 0 Å². The van der Waals surface area contributed by atoms with Gasteiger partial charge in [-0.3, -0.25) is 4.79 Å². The van der Waals surface area contributed by atoms with Crippen LogP contribution in [0.5, 0.6) is 0 Å². The minimum Gasteiger partial charge on any atom is -0.295 e. The number of carbonyl (C=O) groups excluding carboxylic acids is 1. The van der Waals surface area contributed by atoms with Gasteiger partial charge in [0.2, 0.25) is 0 Å². The number of ketones is 1. The highest BCUT2D eigenvalue weighted by atomic mass is 16.1. The Labute approximate surface area is 93.3 Å². The minimum absolute atomic E-state index is 0.188. The van der Waals surface area contributed by atoms with Crippen LogP contribution >= 0.6 is 0 Å². The van der Waals surface area contributed by atoms with E-state index >= 15 is 0 Å². The van der Waals surface area contributed by atoms with Gasteiger partial charge in [-0.05, 0) is 43.1 Å². The van der Waals surface area contributed by atoms with Crippen LogP contribution in [0.2, 0.25) is 0 Å². The molecule has 0 saturated carbocycles. The average Bonchev–Trinajstić information content (AvgIpc) is 2.10. The van der Waals surface area contributed by atoms with Gasteiger partial charge in [0.1, 0.15) is 0 Å². The zero-order valence-corrected chi connectivity index (χ0v) is 10.5. The molecule has 1 rings (SSSR count). The molecule has 1 nitrogen and oxygen atoms in total. The zero-order chi connectivity index (χ0) is 11.6. The first-order valence-electron chi connectivity index (χ1n) is 5.70. The second-order valence-corrected chi connectivity index (χ2v) is 5.41. The third kappa shape index (κ3) is 2.80. The Balaban J connectivity index is 2.96. The molecule has 2 atom stereocenters. The van der Waals surface area contributed by atoms with E-state index in [2.05, 4.69) is 39.0 Å². The molecule has 0 aromatic heterocycles. The summed E-state index contributed by atoms with van der Waals surface area (Å²) in [6, 6.07) is 0. The third-order valence-electron chi connectivity index (χ3n) is 3.54. The molecule has 0 N–H and O–H groups in total. The SMILES string of the molecule is CC(=O)C(C)=CC1C(C)C=CCC1(C)C. The molecule has 0 aliphatic heterocycles. The van der Waals surface area contributed by atoms with Crippen LogP contribution in [0.15, 0.2) is 23.8 Å². The highest BCUT2D eigenvalue weighted by Crippen LogP contribution is 2.41. The van der Waals surface area contributed by atoms with Gasteiger partial charge in [0, 0.05) is 0 Å². The van der Waals surface area contributed by atoms with Crippen molar-refractivity contribution in [3.8, 4) is 0 Å². The van der Waals surface area contributed by atoms with Crippen LogP contribution in [-0.4, -0.2) is 5.78 Å². The first kappa shape index (κ1) is 12.2. The Kier molecular flexibility index (Phi) is 3.54. The number of rotatable bonds is 2. The molecule has 0 bridgehead atoms. The van der Waals surface area contributed by atoms with E-state index in [9.17, 15) is 4.79 Å². The van der Waals surface area contributed by atoms with E-state index in [0.717, 1.165) is 12.0 Å². The first-order valence-corrected chi connectivity index (χ1v) is 5.70. The Morgan fingerprint density at radius 2 is 2.00 bits per heavy atom. The lowest BCUT2D eigenvalue weighted by molar-refractivity contribution is -0.113. The summed E-state index contributed by atoms with van der Waals surface area (Å²) in [5.41, 5.74) is 1.17. The van der Waals surface area contributed by atoms with E-state index in [1.54, 1.807) is 6.92 Å². The molecule has 0 heterocycles. The standard InChI is InChI=1S/C14H22O/c1-10-7-6-8-14(4,5)13(10)9-11(2)12(3)15/h6-7,9-10,13H,8H2,1-5H3. The molecule has 0 fully saturated rings. The van der Waals surface area contributed by atoms with Gasteiger partial charge in [-0.25, -0.2) is 0 Å². The topological polar surface area (TPSA) is 17.1 Å². The van der Waals surface area contributed by atoms with E-state index < -0.39 is 0 Å². The third-order valence-corrected chi connectivity index (χ3v) is 3.54. The van der Waals surface area contributed by atoms with Crippen molar-refractivity contribution in [3.05, 3.63) is 23.8 Å². The van der Waals surface area contributed by atoms with Crippen LogP contribution in [0.3, 0.4) is 0 Å². The lowest BCUT2D eigenvalue weighted by atomic mass is 9.66. The van der Waals surface area contributed by atoms with Crippen molar-refractivity contribution in [1.82, 2.24) is 0 Å². The summed E-state index contributed by atoms with van der Waals surface area (Å²) in [5.74, 6) is 1.20. The zero-order valence-electron chi connectivity index (χ0n) is 10.5. The first-order chi connectivity index (χ1) is 6.84. The maximum absolute atomic E-state index is 11.2. The van der Waals surface area contributed by atoms with Crippen molar-refractivity contribution in [3.63, 3.8) is 0 Å². The molecule has 2 unspecified atom stereocenters. The highest BCUT2D eigenvalue weighted by Gasteiger charge is 2.32. The summed E-state index contributed by atoms with van der Waals surface area (Å²) in [6.45, 7) is 10.3. The summed E-state index contributed by atoms with van der Waals surface area (Å²) in [4.78, 5) is 11.2. The molecule has 0 radical (unpaired) electrons. The van der Waals surface area contributed by atoms with Gasteiger partial charge >= 0.3 is 0 Å². The normalized spacial score (nSPS) is 30.3. The van der Waals surface area contributed by atoms with E-state index in [0.29, 0.717) is 11.8 Å². The Morgan fingerprint density at radius 1 is 1.40 bits per heavy atom. The minimum atomic E-state index is 0.188. The molecule has 0 aromatic carbocycles. The molecule has 0 saturated heterocycles. The smallest absolute Gasteiger partial charge is 0.155 e. The summed E-state index contributed by atoms with van der Waals surface area (Å²) in [7, 11) is 0. The number of hydrogen-bond donors (Lipinski definition) is 0. The molecular formula is C14H22O. The molecule has 0 amide bonds. The molecular weight excluding hydrogens is 184 g/mol. The molecule has 1 aliphatic carbocycles. The van der Waals surface area contributed by atoms with Crippen molar-refractivity contribution in [2.45, 2.75) is 41.0 Å². The second kappa shape index (κ2) is 4.34. The summed E-state index contributed by atoms with van der Waals surface area (Å²) >= 11 is 0. The van der Waals surface area contributed by atoms with Crippen LogP contribution < -0.4 is 0 Å². The number of hydrogen-bond acceptors (Lipinski definition) is 1. The van der Waals surface area contributed by atoms with Crippen LogP contribution in [0.25, 0.3) is 0 Å². The fraction of sp³-hybridized carbons (Fsp3) is 0.643. The van der Waals surface area contributed by atoms with Gasteiger partial charge in [-0.1, -0.05) is 39.0 Å². The molecule has 0 aromatic rings. The lowest BCUT2D eigenvalue weighted by Gasteiger charge is -2.38. The van der Waals surface area contributed by atoms with Crippen molar-refractivity contribution in [2.24, 2.45) is 17.3 Å². The summed E-state index contributed by atoms with van der Waals surface area (Å²) in [6.07, 6.45) is 7.79. The van der Waals surface area contributed by atoms with Gasteiger partial charge in [0.25, 0.3) is 0 Å². The maximum Gasteiger partial charge on any atom is 0.155 e. The quantitative estimate of drug-likeness (QED) is 0.496. The van der Waals surface area contributed by atoms with E-state index in [-0.39, 0.29) is 11.2 Å². The van der Waals surface area contributed by atoms with Gasteiger partial charge in [0.05, 0.1) is 0 Å². The summed E-state index contributed by atoms with van der Waals surface area (Å²) < 4.78 is 0. The van der Waals surface area contributed by atoms with E-state index in [4.69, 9.17) is 0 Å². The molecule has 84 valence electrons. The van der Waals surface area contributed by atoms with Crippen molar-refractivity contribution in [2.75, 3.05) is 0 Å². The van der Waals surface area contributed by atoms with Crippen molar-refractivity contribution in [1.29, 1.82) is 0 Å². The number of allylic oxidation sites excluding steroid dienone is 4. The van der Waals surface area contributed by atoms with Crippen molar-refractivity contribution < 1.29 is 4.79 Å². The lowest BCUT2D eigenvalue weighted by Crippen LogP contribution is -2.30. The maximum atomic E-state index is 11.2. The number of carbonyl (C=O) groups is 1. The largest absolute Gasteiger partial charge is 0.295 e. The Bertz CT molecular complexity index is 307. The highest BCUT2D eigenvalue weighted by molar-refractivity contribution is 5.92. The van der Waals surface area contributed by atoms with Gasteiger partial charge in [-0.2, -0.15) is 0 Å². The van der Waals surface area contributed by atoms with E-state index in [1.807, 2.05) is 6.92 Å². The van der Waals surface area contributed by atoms with Gasteiger partial charge in [0.15, 0.2) is 5.78 Å². The van der Waals surface area contributed by atoms with E-state index in [1.165, 1.54) is 0 Å². The molecule has 1 heteroatoms.